The fourth-order valence-corrected chi connectivity index (χ4v) is 1.90. The first-order chi connectivity index (χ1) is 5.02. The quantitative estimate of drug-likeness (QED) is 0.672. The first kappa shape index (κ1) is 8.42. The lowest BCUT2D eigenvalue weighted by Gasteiger charge is -1.92. The van der Waals surface area contributed by atoms with Crippen molar-refractivity contribution in [2.75, 3.05) is 0 Å². The zero-order valence-electron chi connectivity index (χ0n) is 5.45. The molecule has 1 heterocycles. The van der Waals surface area contributed by atoms with E-state index in [4.69, 9.17) is 0 Å². The van der Waals surface area contributed by atoms with Gasteiger partial charge in [-0.1, -0.05) is 12.6 Å². The van der Waals surface area contributed by atoms with Crippen LogP contribution in [0.3, 0.4) is 0 Å². The van der Waals surface area contributed by atoms with Crippen LogP contribution in [0.4, 0.5) is 3.89 Å². The summed E-state index contributed by atoms with van der Waals surface area (Å²) < 4.78 is 32.8. The molecule has 1 aromatic heterocycles. The highest BCUT2D eigenvalue weighted by Crippen LogP contribution is 2.24. The summed E-state index contributed by atoms with van der Waals surface area (Å²) in [5.74, 6) is 0. The Morgan fingerprint density at radius 1 is 1.64 bits per heavy atom. The first-order valence-electron chi connectivity index (χ1n) is 2.69. The monoisotopic (exact) mass is 192 g/mol. The summed E-state index contributed by atoms with van der Waals surface area (Å²) >= 11 is 1.14. The van der Waals surface area contributed by atoms with Gasteiger partial charge in [-0.2, -0.15) is 8.42 Å². The molecule has 11 heavy (non-hydrogen) atoms. The van der Waals surface area contributed by atoms with Gasteiger partial charge in [0, 0.05) is 4.88 Å². The summed E-state index contributed by atoms with van der Waals surface area (Å²) in [4.78, 5) is -0.125. The third-order valence-corrected chi connectivity index (χ3v) is 2.96. The van der Waals surface area contributed by atoms with Gasteiger partial charge in [0.25, 0.3) is 0 Å². The predicted molar refractivity (Wildman–Crippen MR) is 43.4 cm³/mol. The van der Waals surface area contributed by atoms with Crippen molar-refractivity contribution < 1.29 is 12.3 Å². The van der Waals surface area contributed by atoms with Gasteiger partial charge in [-0.3, -0.25) is 0 Å². The molecule has 0 fully saturated rings. The molecule has 5 heteroatoms. The van der Waals surface area contributed by atoms with E-state index < -0.39 is 15.1 Å². The van der Waals surface area contributed by atoms with Crippen LogP contribution in [0.25, 0.3) is 4.91 Å². The average molecular weight is 192 g/mol. The maximum absolute atomic E-state index is 12.2. The van der Waals surface area contributed by atoms with Crippen molar-refractivity contribution in [3.05, 3.63) is 29.0 Å². The van der Waals surface area contributed by atoms with Crippen LogP contribution in [0, 0.1) is 0 Å². The second kappa shape index (κ2) is 2.75. The van der Waals surface area contributed by atoms with Crippen LogP contribution in [0.1, 0.15) is 4.88 Å². The van der Waals surface area contributed by atoms with Gasteiger partial charge >= 0.3 is 10.2 Å². The minimum Gasteiger partial charge on any atom is -0.189 e. The van der Waals surface area contributed by atoms with Crippen LogP contribution in [-0.2, 0) is 10.2 Å². The Kier molecular flexibility index (Phi) is 2.10. The van der Waals surface area contributed by atoms with E-state index in [-0.39, 0.29) is 0 Å². The van der Waals surface area contributed by atoms with E-state index in [0.717, 1.165) is 11.3 Å². The number of rotatable bonds is 2. The van der Waals surface area contributed by atoms with Crippen molar-refractivity contribution in [3.63, 3.8) is 0 Å². The molecule has 0 bridgehead atoms. The molecular formula is C6H5FO2S2. The molecule has 0 saturated heterocycles. The van der Waals surface area contributed by atoms with Gasteiger partial charge in [0.1, 0.15) is 4.91 Å². The third-order valence-electron chi connectivity index (χ3n) is 1.09. The van der Waals surface area contributed by atoms with Gasteiger partial charge in [-0.05, 0) is 11.4 Å². The summed E-state index contributed by atoms with van der Waals surface area (Å²) in [5.41, 5.74) is 0. The third kappa shape index (κ3) is 1.87. The second-order valence-corrected chi connectivity index (χ2v) is 4.15. The molecule has 0 aliphatic heterocycles. The molecule has 0 aromatic carbocycles. The number of hydrogen-bond donors (Lipinski definition) is 0. The lowest BCUT2D eigenvalue weighted by molar-refractivity contribution is 0.564. The Morgan fingerprint density at radius 2 is 2.27 bits per heavy atom. The normalized spacial score (nSPS) is 11.4. The average Bonchev–Trinajstić information content (AvgIpc) is 2.34. The van der Waals surface area contributed by atoms with Crippen LogP contribution in [0.5, 0.6) is 0 Å². The van der Waals surface area contributed by atoms with Crippen LogP contribution < -0.4 is 0 Å². The molecule has 0 aliphatic rings. The van der Waals surface area contributed by atoms with Crippen LogP contribution >= 0.6 is 11.3 Å². The zero-order valence-corrected chi connectivity index (χ0v) is 7.08. The van der Waals surface area contributed by atoms with E-state index in [1.54, 1.807) is 11.4 Å². The Labute approximate surface area is 68.2 Å². The van der Waals surface area contributed by atoms with Crippen LogP contribution in [0.15, 0.2) is 24.1 Å². The molecule has 0 atom stereocenters. The highest BCUT2D eigenvalue weighted by molar-refractivity contribution is 7.96. The lowest BCUT2D eigenvalue weighted by Crippen LogP contribution is -1.90. The fraction of sp³-hybridized carbons (Fsp3) is 0. The molecule has 1 rings (SSSR count). The SMILES string of the molecule is C=C(c1cccs1)S(=O)(=O)F. The van der Waals surface area contributed by atoms with E-state index >= 15 is 0 Å². The van der Waals surface area contributed by atoms with Gasteiger partial charge in [0.05, 0.1) is 0 Å². The number of thiophene rings is 1. The molecule has 0 amide bonds. The molecular weight excluding hydrogens is 187 g/mol. The van der Waals surface area contributed by atoms with Crippen molar-refractivity contribution in [3.8, 4) is 0 Å². The molecule has 1 aromatic rings. The maximum Gasteiger partial charge on any atom is 0.332 e. The largest absolute Gasteiger partial charge is 0.332 e. The van der Waals surface area contributed by atoms with E-state index in [0.29, 0.717) is 4.88 Å². The van der Waals surface area contributed by atoms with Gasteiger partial charge < -0.3 is 0 Å². The second-order valence-electron chi connectivity index (χ2n) is 1.84. The van der Waals surface area contributed by atoms with Crippen LogP contribution in [0.2, 0.25) is 0 Å². The molecule has 2 nitrogen and oxygen atoms in total. The van der Waals surface area contributed by atoms with Gasteiger partial charge in [-0.15, -0.1) is 15.2 Å². The fourth-order valence-electron chi connectivity index (χ4n) is 0.557. The van der Waals surface area contributed by atoms with Crippen molar-refractivity contribution in [1.82, 2.24) is 0 Å². The Balaban J connectivity index is 3.07. The number of halogens is 1. The van der Waals surface area contributed by atoms with E-state index in [1.165, 1.54) is 6.07 Å². The molecule has 0 aliphatic carbocycles. The first-order valence-corrected chi connectivity index (χ1v) is 4.95. The van der Waals surface area contributed by atoms with Crippen molar-refractivity contribution in [2.45, 2.75) is 0 Å². The maximum atomic E-state index is 12.2. The molecule has 0 N–H and O–H groups in total. The highest BCUT2D eigenvalue weighted by atomic mass is 32.3. The standard InChI is InChI=1S/C6H5FO2S2/c1-5(11(7,8)9)6-3-2-4-10-6/h2-4H,1H2. The van der Waals surface area contributed by atoms with Crippen molar-refractivity contribution in [1.29, 1.82) is 0 Å². The molecule has 0 radical (unpaired) electrons. The smallest absolute Gasteiger partial charge is 0.189 e. The van der Waals surface area contributed by atoms with Crippen LogP contribution in [-0.4, -0.2) is 8.42 Å². The number of hydrogen-bond acceptors (Lipinski definition) is 3. The summed E-state index contributed by atoms with van der Waals surface area (Å²) in [6.07, 6.45) is 0. The van der Waals surface area contributed by atoms with Gasteiger partial charge in [0.15, 0.2) is 0 Å². The van der Waals surface area contributed by atoms with E-state index in [9.17, 15) is 12.3 Å². The Hall–Kier alpha value is -0.680. The Morgan fingerprint density at radius 3 is 2.64 bits per heavy atom. The zero-order chi connectivity index (χ0) is 8.48. The molecule has 0 spiro atoms. The molecule has 0 saturated carbocycles. The molecule has 60 valence electrons. The van der Waals surface area contributed by atoms with Crippen molar-refractivity contribution >= 4 is 26.5 Å². The summed E-state index contributed by atoms with van der Waals surface area (Å²) in [6.45, 7) is 3.12. The van der Waals surface area contributed by atoms with Gasteiger partial charge in [-0.25, -0.2) is 0 Å². The summed E-state index contributed by atoms with van der Waals surface area (Å²) in [7, 11) is -4.61. The minimum absolute atomic E-state index is 0.340. The molecule has 0 unspecified atom stereocenters. The topological polar surface area (TPSA) is 34.1 Å². The summed E-state index contributed by atoms with van der Waals surface area (Å²) in [5, 5.41) is 1.66. The summed E-state index contributed by atoms with van der Waals surface area (Å²) in [6, 6.07) is 3.14. The highest BCUT2D eigenvalue weighted by Gasteiger charge is 2.15. The lowest BCUT2D eigenvalue weighted by atomic mass is 10.5. The van der Waals surface area contributed by atoms with E-state index in [1.807, 2.05) is 0 Å². The van der Waals surface area contributed by atoms with Crippen molar-refractivity contribution in [2.24, 2.45) is 0 Å². The minimum atomic E-state index is -4.61. The van der Waals surface area contributed by atoms with Gasteiger partial charge in [0.2, 0.25) is 0 Å². The predicted octanol–water partition coefficient (Wildman–Crippen LogP) is 2.02. The Bertz CT molecular complexity index is 350. The van der Waals surface area contributed by atoms with E-state index in [2.05, 4.69) is 6.58 Å².